The van der Waals surface area contributed by atoms with Gasteiger partial charge >= 0.3 is 0 Å². The Balaban J connectivity index is 1.86. The van der Waals surface area contributed by atoms with Crippen molar-refractivity contribution in [2.75, 3.05) is 19.6 Å². The quantitative estimate of drug-likeness (QED) is 0.786. The van der Waals surface area contributed by atoms with Gasteiger partial charge in [0.05, 0.1) is 0 Å². The summed E-state index contributed by atoms with van der Waals surface area (Å²) in [4.78, 5) is 10.9. The van der Waals surface area contributed by atoms with Crippen molar-refractivity contribution in [2.45, 2.75) is 39.5 Å². The van der Waals surface area contributed by atoms with Gasteiger partial charge in [0.15, 0.2) is 0 Å². The van der Waals surface area contributed by atoms with Crippen molar-refractivity contribution >= 4 is 0 Å². The van der Waals surface area contributed by atoms with Gasteiger partial charge in [0.25, 0.3) is 0 Å². The van der Waals surface area contributed by atoms with Crippen LogP contribution in [0.3, 0.4) is 0 Å². The van der Waals surface area contributed by atoms with Crippen molar-refractivity contribution in [3.8, 4) is 0 Å². The molecular weight excluding hydrogens is 210 g/mol. The molecule has 2 heterocycles. The Labute approximate surface area is 104 Å². The largest absolute Gasteiger partial charge is 0.303 e. The van der Waals surface area contributed by atoms with Crippen LogP contribution in [0.15, 0.2) is 18.6 Å². The third-order valence-electron chi connectivity index (χ3n) is 3.31. The highest BCUT2D eigenvalue weighted by molar-refractivity contribution is 5.07. The molecule has 0 bridgehead atoms. The number of nitrogens with zero attached hydrogens (tertiary/aromatic N) is 3. The van der Waals surface area contributed by atoms with E-state index in [1.54, 1.807) is 6.33 Å². The van der Waals surface area contributed by atoms with Crippen LogP contribution < -0.4 is 0 Å². The lowest BCUT2D eigenvalue weighted by Crippen LogP contribution is -2.38. The van der Waals surface area contributed by atoms with Gasteiger partial charge in [-0.3, -0.25) is 0 Å². The minimum absolute atomic E-state index is 0.405. The smallest absolute Gasteiger partial charge is 0.115 e. The lowest BCUT2D eigenvalue weighted by atomic mass is 9.90. The topological polar surface area (TPSA) is 29.0 Å². The van der Waals surface area contributed by atoms with Crippen LogP contribution in [0.2, 0.25) is 0 Å². The Hall–Kier alpha value is -0.960. The maximum absolute atomic E-state index is 4.37. The summed E-state index contributed by atoms with van der Waals surface area (Å²) in [6, 6.07) is 2.06. The maximum atomic E-state index is 4.37. The molecule has 17 heavy (non-hydrogen) atoms. The van der Waals surface area contributed by atoms with Gasteiger partial charge in [-0.05, 0) is 37.4 Å². The van der Waals surface area contributed by atoms with Gasteiger partial charge in [0.1, 0.15) is 6.33 Å². The molecule has 0 radical (unpaired) electrons. The molecule has 2 rings (SSSR count). The number of hydrogen-bond donors (Lipinski definition) is 0. The predicted molar refractivity (Wildman–Crippen MR) is 69.9 cm³/mol. The Morgan fingerprint density at radius 3 is 2.53 bits per heavy atom. The van der Waals surface area contributed by atoms with Crippen LogP contribution in [0.4, 0.5) is 0 Å². The Morgan fingerprint density at radius 1 is 1.29 bits per heavy atom. The first-order chi connectivity index (χ1) is 8.04. The number of aromatic nitrogens is 2. The molecule has 0 aliphatic carbocycles. The minimum Gasteiger partial charge on any atom is -0.303 e. The molecule has 0 unspecified atom stereocenters. The summed E-state index contributed by atoms with van der Waals surface area (Å²) in [5.41, 5.74) is 1.62. The molecule has 1 aromatic rings. The highest BCUT2D eigenvalue weighted by Crippen LogP contribution is 2.27. The number of piperidine rings is 1. The van der Waals surface area contributed by atoms with E-state index in [0.29, 0.717) is 11.3 Å². The molecule has 1 aliphatic heterocycles. The monoisotopic (exact) mass is 233 g/mol. The SMILES string of the molecule is CC(C)(C)CN1CCC(c2ccncn2)CC1. The predicted octanol–water partition coefficient (Wildman–Crippen LogP) is 2.70. The molecule has 94 valence electrons. The standard InChI is InChI=1S/C14H23N3/c1-14(2,3)10-17-8-5-12(6-9-17)13-4-7-15-11-16-13/h4,7,11-12H,5-6,8-10H2,1-3H3. The first-order valence-electron chi connectivity index (χ1n) is 6.53. The van der Waals surface area contributed by atoms with Gasteiger partial charge in [0.2, 0.25) is 0 Å². The normalized spacial score (nSPS) is 19.5. The molecular formula is C14H23N3. The van der Waals surface area contributed by atoms with Crippen molar-refractivity contribution in [1.82, 2.24) is 14.9 Å². The number of rotatable bonds is 2. The third kappa shape index (κ3) is 3.77. The fourth-order valence-corrected chi connectivity index (χ4v) is 2.60. The first-order valence-corrected chi connectivity index (χ1v) is 6.53. The fourth-order valence-electron chi connectivity index (χ4n) is 2.60. The molecule has 0 N–H and O–H groups in total. The molecule has 0 saturated carbocycles. The second kappa shape index (κ2) is 5.13. The number of hydrogen-bond acceptors (Lipinski definition) is 3. The van der Waals surface area contributed by atoms with E-state index in [-0.39, 0.29) is 0 Å². The average molecular weight is 233 g/mol. The zero-order valence-electron chi connectivity index (χ0n) is 11.2. The van der Waals surface area contributed by atoms with Crippen molar-refractivity contribution < 1.29 is 0 Å². The lowest BCUT2D eigenvalue weighted by molar-refractivity contribution is 0.153. The lowest BCUT2D eigenvalue weighted by Gasteiger charge is -2.35. The summed E-state index contributed by atoms with van der Waals surface area (Å²) in [6.07, 6.45) is 5.97. The molecule has 1 fully saturated rings. The third-order valence-corrected chi connectivity index (χ3v) is 3.31. The summed E-state index contributed by atoms with van der Waals surface area (Å²) in [5, 5.41) is 0. The van der Waals surface area contributed by atoms with Crippen LogP contribution >= 0.6 is 0 Å². The van der Waals surface area contributed by atoms with Crippen LogP contribution in [-0.4, -0.2) is 34.5 Å². The Bertz CT molecular complexity index is 334. The summed E-state index contributed by atoms with van der Waals surface area (Å²) in [6.45, 7) is 10.5. The minimum atomic E-state index is 0.405. The zero-order chi connectivity index (χ0) is 12.3. The van der Waals surface area contributed by atoms with Crippen molar-refractivity contribution in [1.29, 1.82) is 0 Å². The molecule has 0 aromatic carbocycles. The molecule has 3 heteroatoms. The van der Waals surface area contributed by atoms with Gasteiger partial charge in [-0.25, -0.2) is 9.97 Å². The highest BCUT2D eigenvalue weighted by Gasteiger charge is 2.24. The zero-order valence-corrected chi connectivity index (χ0v) is 11.2. The molecule has 0 spiro atoms. The van der Waals surface area contributed by atoms with E-state index in [0.717, 1.165) is 0 Å². The van der Waals surface area contributed by atoms with Gasteiger partial charge < -0.3 is 4.90 Å². The fraction of sp³-hybridized carbons (Fsp3) is 0.714. The van der Waals surface area contributed by atoms with Gasteiger partial charge in [-0.15, -0.1) is 0 Å². The van der Waals surface area contributed by atoms with E-state index in [1.165, 1.54) is 38.2 Å². The molecule has 1 saturated heterocycles. The van der Waals surface area contributed by atoms with E-state index >= 15 is 0 Å². The van der Waals surface area contributed by atoms with Gasteiger partial charge in [-0.1, -0.05) is 20.8 Å². The maximum Gasteiger partial charge on any atom is 0.115 e. The van der Waals surface area contributed by atoms with Crippen molar-refractivity contribution in [3.63, 3.8) is 0 Å². The second-order valence-electron chi connectivity index (χ2n) is 6.25. The molecule has 0 atom stereocenters. The van der Waals surface area contributed by atoms with E-state index in [1.807, 2.05) is 6.20 Å². The Kier molecular flexibility index (Phi) is 3.77. The van der Waals surface area contributed by atoms with Gasteiger partial charge in [0, 0.05) is 24.4 Å². The highest BCUT2D eigenvalue weighted by atomic mass is 15.1. The van der Waals surface area contributed by atoms with Gasteiger partial charge in [-0.2, -0.15) is 0 Å². The van der Waals surface area contributed by atoms with Crippen LogP contribution in [0.1, 0.15) is 45.2 Å². The van der Waals surface area contributed by atoms with Crippen LogP contribution in [0.5, 0.6) is 0 Å². The first kappa shape index (κ1) is 12.5. The molecule has 1 aliphatic rings. The van der Waals surface area contributed by atoms with Crippen molar-refractivity contribution in [2.24, 2.45) is 5.41 Å². The van der Waals surface area contributed by atoms with E-state index in [2.05, 4.69) is 41.7 Å². The molecule has 0 amide bonds. The second-order valence-corrected chi connectivity index (χ2v) is 6.25. The van der Waals surface area contributed by atoms with Crippen LogP contribution in [0, 0.1) is 5.41 Å². The summed E-state index contributed by atoms with van der Waals surface area (Å²) >= 11 is 0. The van der Waals surface area contributed by atoms with Crippen molar-refractivity contribution in [3.05, 3.63) is 24.3 Å². The van der Waals surface area contributed by atoms with E-state index < -0.39 is 0 Å². The summed E-state index contributed by atoms with van der Waals surface area (Å²) in [5.74, 6) is 0.634. The van der Waals surface area contributed by atoms with E-state index in [9.17, 15) is 0 Å². The molecule has 1 aromatic heterocycles. The molecule has 3 nitrogen and oxygen atoms in total. The average Bonchev–Trinajstić information content (AvgIpc) is 2.29. The van der Waals surface area contributed by atoms with Crippen LogP contribution in [-0.2, 0) is 0 Å². The summed E-state index contributed by atoms with van der Waals surface area (Å²) < 4.78 is 0. The van der Waals surface area contributed by atoms with E-state index in [4.69, 9.17) is 0 Å². The number of likely N-dealkylation sites (tertiary alicyclic amines) is 1. The Morgan fingerprint density at radius 2 is 2.00 bits per heavy atom. The summed E-state index contributed by atoms with van der Waals surface area (Å²) in [7, 11) is 0. The van der Waals surface area contributed by atoms with Crippen LogP contribution in [0.25, 0.3) is 0 Å².